The van der Waals surface area contributed by atoms with E-state index in [4.69, 9.17) is 5.11 Å². The molecule has 0 atom stereocenters. The lowest BCUT2D eigenvalue weighted by Gasteiger charge is -2.28. The quantitative estimate of drug-likeness (QED) is 0.813. The highest BCUT2D eigenvalue weighted by Crippen LogP contribution is 2.17. The fraction of sp³-hybridized carbons (Fsp3) is 0.545. The van der Waals surface area contributed by atoms with Gasteiger partial charge in [0.05, 0.1) is 18.1 Å². The third kappa shape index (κ3) is 2.95. The molecule has 2 heterocycles. The molecule has 0 unspecified atom stereocenters. The summed E-state index contributed by atoms with van der Waals surface area (Å²) in [5.74, 6) is 1.11. The second kappa shape index (κ2) is 4.62. The Morgan fingerprint density at radius 2 is 2.00 bits per heavy atom. The van der Waals surface area contributed by atoms with E-state index in [1.165, 1.54) is 0 Å². The molecule has 1 saturated heterocycles. The maximum Gasteiger partial charge on any atom is 0.153 e. The Kier molecular flexibility index (Phi) is 3.35. The van der Waals surface area contributed by atoms with Gasteiger partial charge in [0.15, 0.2) is 9.84 Å². The number of anilines is 1. The number of sulfone groups is 1. The highest BCUT2D eigenvalue weighted by molar-refractivity contribution is 7.91. The van der Waals surface area contributed by atoms with Crippen LogP contribution in [-0.4, -0.2) is 43.1 Å². The van der Waals surface area contributed by atoms with Crippen molar-refractivity contribution in [2.24, 2.45) is 0 Å². The van der Waals surface area contributed by atoms with E-state index in [0.717, 1.165) is 17.1 Å². The standard InChI is InChI=1S/C11H16N2O3S/c1-9-6-10(8-14)7-11(12-9)13-2-4-17(15,16)5-3-13/h6-7,14H,2-5,8H2,1H3. The molecule has 2 rings (SSSR count). The van der Waals surface area contributed by atoms with Crippen molar-refractivity contribution < 1.29 is 13.5 Å². The molecule has 6 heteroatoms. The Morgan fingerprint density at radius 1 is 1.35 bits per heavy atom. The number of pyridine rings is 1. The van der Waals surface area contributed by atoms with Crippen LogP contribution < -0.4 is 4.90 Å². The number of aliphatic hydroxyl groups is 1. The molecule has 0 spiro atoms. The summed E-state index contributed by atoms with van der Waals surface area (Å²) in [6.45, 7) is 2.79. The van der Waals surface area contributed by atoms with Crippen LogP contribution >= 0.6 is 0 Å². The minimum absolute atomic E-state index is 0.0253. The van der Waals surface area contributed by atoms with Crippen molar-refractivity contribution in [1.29, 1.82) is 0 Å². The maximum atomic E-state index is 11.3. The van der Waals surface area contributed by atoms with Crippen LogP contribution in [0.4, 0.5) is 5.82 Å². The average molecular weight is 256 g/mol. The molecule has 0 amide bonds. The zero-order valence-electron chi connectivity index (χ0n) is 9.76. The molecule has 94 valence electrons. The predicted molar refractivity (Wildman–Crippen MR) is 65.8 cm³/mol. The third-order valence-electron chi connectivity index (χ3n) is 2.85. The summed E-state index contributed by atoms with van der Waals surface area (Å²) in [4.78, 5) is 6.32. The first-order valence-corrected chi connectivity index (χ1v) is 7.36. The smallest absolute Gasteiger partial charge is 0.153 e. The van der Waals surface area contributed by atoms with Crippen LogP contribution in [0.3, 0.4) is 0 Å². The van der Waals surface area contributed by atoms with E-state index in [2.05, 4.69) is 4.98 Å². The van der Waals surface area contributed by atoms with Gasteiger partial charge >= 0.3 is 0 Å². The van der Waals surface area contributed by atoms with Crippen LogP contribution in [0.2, 0.25) is 0 Å². The van der Waals surface area contributed by atoms with Crippen molar-refractivity contribution in [1.82, 2.24) is 4.98 Å². The summed E-state index contributed by atoms with van der Waals surface area (Å²) in [5.41, 5.74) is 1.64. The largest absolute Gasteiger partial charge is 0.392 e. The van der Waals surface area contributed by atoms with E-state index >= 15 is 0 Å². The lowest BCUT2D eigenvalue weighted by atomic mass is 10.2. The van der Waals surface area contributed by atoms with Gasteiger partial charge in [-0.25, -0.2) is 13.4 Å². The summed E-state index contributed by atoms with van der Waals surface area (Å²) in [6.07, 6.45) is 0. The van der Waals surface area contributed by atoms with Crippen LogP contribution in [-0.2, 0) is 16.4 Å². The first-order valence-electron chi connectivity index (χ1n) is 5.54. The average Bonchev–Trinajstić information content (AvgIpc) is 2.28. The summed E-state index contributed by atoms with van der Waals surface area (Å²) in [7, 11) is -2.87. The molecule has 0 radical (unpaired) electrons. The number of hydrogen-bond donors (Lipinski definition) is 1. The van der Waals surface area contributed by atoms with Gasteiger partial charge in [-0.2, -0.15) is 0 Å². The van der Waals surface area contributed by atoms with E-state index in [-0.39, 0.29) is 18.1 Å². The van der Waals surface area contributed by atoms with E-state index < -0.39 is 9.84 Å². The molecule has 1 fully saturated rings. The summed E-state index contributed by atoms with van der Waals surface area (Å²) in [5, 5.41) is 9.13. The molecule has 17 heavy (non-hydrogen) atoms. The number of aromatic nitrogens is 1. The lowest BCUT2D eigenvalue weighted by molar-refractivity contribution is 0.281. The van der Waals surface area contributed by atoms with Crippen LogP contribution in [0.1, 0.15) is 11.3 Å². The molecule has 5 nitrogen and oxygen atoms in total. The van der Waals surface area contributed by atoms with E-state index in [1.807, 2.05) is 24.0 Å². The first kappa shape index (κ1) is 12.3. The minimum Gasteiger partial charge on any atom is -0.392 e. The maximum absolute atomic E-state index is 11.3. The number of rotatable bonds is 2. The minimum atomic E-state index is -2.87. The van der Waals surface area contributed by atoms with Gasteiger partial charge < -0.3 is 10.0 Å². The molecule has 1 N–H and O–H groups in total. The van der Waals surface area contributed by atoms with Gasteiger partial charge in [0.2, 0.25) is 0 Å². The fourth-order valence-electron chi connectivity index (χ4n) is 1.92. The normalized spacial score (nSPS) is 19.3. The molecule has 0 aliphatic carbocycles. The highest BCUT2D eigenvalue weighted by Gasteiger charge is 2.22. The SMILES string of the molecule is Cc1cc(CO)cc(N2CCS(=O)(=O)CC2)n1. The molecule has 1 aliphatic rings. The zero-order valence-corrected chi connectivity index (χ0v) is 10.6. The fourth-order valence-corrected chi connectivity index (χ4v) is 3.12. The van der Waals surface area contributed by atoms with E-state index in [1.54, 1.807) is 0 Å². The zero-order chi connectivity index (χ0) is 12.5. The van der Waals surface area contributed by atoms with Crippen molar-refractivity contribution >= 4 is 15.7 Å². The van der Waals surface area contributed by atoms with Crippen molar-refractivity contribution in [3.8, 4) is 0 Å². The second-order valence-corrected chi connectivity index (χ2v) is 6.58. The Morgan fingerprint density at radius 3 is 2.59 bits per heavy atom. The van der Waals surface area contributed by atoms with Crippen molar-refractivity contribution in [3.05, 3.63) is 23.4 Å². The molecule has 0 aromatic carbocycles. The van der Waals surface area contributed by atoms with Crippen molar-refractivity contribution in [2.45, 2.75) is 13.5 Å². The number of aryl methyl sites for hydroxylation is 1. The number of nitrogens with zero attached hydrogens (tertiary/aromatic N) is 2. The van der Waals surface area contributed by atoms with Gasteiger partial charge in [0.25, 0.3) is 0 Å². The summed E-state index contributed by atoms with van der Waals surface area (Å²) >= 11 is 0. The Bertz CT molecular complexity index is 499. The number of hydrogen-bond acceptors (Lipinski definition) is 5. The molecule has 0 bridgehead atoms. The molecule has 1 aromatic heterocycles. The number of aliphatic hydroxyl groups excluding tert-OH is 1. The van der Waals surface area contributed by atoms with Gasteiger partial charge in [0, 0.05) is 18.8 Å². The Balaban J connectivity index is 2.21. The summed E-state index contributed by atoms with van der Waals surface area (Å²) in [6, 6.07) is 3.63. The van der Waals surface area contributed by atoms with Crippen molar-refractivity contribution in [3.63, 3.8) is 0 Å². The summed E-state index contributed by atoms with van der Waals surface area (Å²) < 4.78 is 22.7. The van der Waals surface area contributed by atoms with Gasteiger partial charge in [-0.15, -0.1) is 0 Å². The van der Waals surface area contributed by atoms with Crippen molar-refractivity contribution in [2.75, 3.05) is 29.5 Å². The monoisotopic (exact) mass is 256 g/mol. The molecule has 1 aromatic rings. The Hall–Kier alpha value is -1.14. The van der Waals surface area contributed by atoms with Gasteiger partial charge in [-0.3, -0.25) is 0 Å². The molecule has 1 aliphatic heterocycles. The Labute approximate surface area is 101 Å². The van der Waals surface area contributed by atoms with Crippen LogP contribution in [0.15, 0.2) is 12.1 Å². The van der Waals surface area contributed by atoms with Gasteiger partial charge in [0.1, 0.15) is 5.82 Å². The lowest BCUT2D eigenvalue weighted by Crippen LogP contribution is -2.40. The molecular formula is C11H16N2O3S. The van der Waals surface area contributed by atoms with E-state index in [9.17, 15) is 8.42 Å². The van der Waals surface area contributed by atoms with Crippen LogP contribution in [0, 0.1) is 6.92 Å². The van der Waals surface area contributed by atoms with E-state index in [0.29, 0.717) is 13.1 Å². The van der Waals surface area contributed by atoms with Crippen LogP contribution in [0.5, 0.6) is 0 Å². The second-order valence-electron chi connectivity index (χ2n) is 4.27. The van der Waals surface area contributed by atoms with Gasteiger partial charge in [-0.1, -0.05) is 0 Å². The molecule has 0 saturated carbocycles. The third-order valence-corrected chi connectivity index (χ3v) is 4.46. The van der Waals surface area contributed by atoms with Gasteiger partial charge in [-0.05, 0) is 24.6 Å². The highest BCUT2D eigenvalue weighted by atomic mass is 32.2. The predicted octanol–water partition coefficient (Wildman–Crippen LogP) is 0.117. The first-order chi connectivity index (χ1) is 8.00. The molecular weight excluding hydrogens is 240 g/mol. The topological polar surface area (TPSA) is 70.5 Å². The van der Waals surface area contributed by atoms with Crippen LogP contribution in [0.25, 0.3) is 0 Å².